The second-order valence-electron chi connectivity index (χ2n) is 6.12. The van der Waals surface area contributed by atoms with Crippen LogP contribution in [0.2, 0.25) is 0 Å². The SMILES string of the molecule is CCN(CC)CCCCCCNc1cc(OC)cc2cccnc12. The Kier molecular flexibility index (Phi) is 7.83. The standard InChI is InChI=1S/C20H31N3O/c1-4-23(5-2)14-9-7-6-8-12-21-19-16-18(24-3)15-17-11-10-13-22-20(17)19/h10-11,13,15-16,21H,4-9,12,14H2,1-3H3. The fourth-order valence-corrected chi connectivity index (χ4v) is 2.99. The summed E-state index contributed by atoms with van der Waals surface area (Å²) in [6, 6.07) is 8.10. The van der Waals surface area contributed by atoms with E-state index in [2.05, 4.69) is 35.1 Å². The molecule has 0 unspecified atom stereocenters. The molecule has 0 aliphatic heterocycles. The van der Waals surface area contributed by atoms with E-state index >= 15 is 0 Å². The lowest BCUT2D eigenvalue weighted by molar-refractivity contribution is 0.295. The third kappa shape index (κ3) is 5.38. The van der Waals surface area contributed by atoms with Crippen molar-refractivity contribution in [3.63, 3.8) is 0 Å². The summed E-state index contributed by atoms with van der Waals surface area (Å²) in [5.74, 6) is 0.872. The summed E-state index contributed by atoms with van der Waals surface area (Å²) in [6.45, 7) is 9.00. The minimum atomic E-state index is 0.872. The number of aromatic nitrogens is 1. The van der Waals surface area contributed by atoms with Gasteiger partial charge in [-0.2, -0.15) is 0 Å². The van der Waals surface area contributed by atoms with Crippen LogP contribution >= 0.6 is 0 Å². The maximum atomic E-state index is 5.39. The molecule has 0 aliphatic carbocycles. The summed E-state index contributed by atoms with van der Waals surface area (Å²) in [7, 11) is 1.71. The van der Waals surface area contributed by atoms with Crippen LogP contribution < -0.4 is 10.1 Å². The Morgan fingerprint density at radius 1 is 1.08 bits per heavy atom. The van der Waals surface area contributed by atoms with Crippen molar-refractivity contribution in [2.75, 3.05) is 38.6 Å². The number of nitrogens with zero attached hydrogens (tertiary/aromatic N) is 2. The van der Waals surface area contributed by atoms with E-state index in [4.69, 9.17) is 4.74 Å². The van der Waals surface area contributed by atoms with Crippen molar-refractivity contribution in [3.8, 4) is 5.75 Å². The highest BCUT2D eigenvalue weighted by molar-refractivity contribution is 5.91. The van der Waals surface area contributed by atoms with Crippen molar-refractivity contribution < 1.29 is 4.74 Å². The van der Waals surface area contributed by atoms with Crippen LogP contribution in [0.4, 0.5) is 5.69 Å². The number of hydrogen-bond acceptors (Lipinski definition) is 4. The van der Waals surface area contributed by atoms with E-state index in [0.717, 1.165) is 42.0 Å². The van der Waals surface area contributed by atoms with Crippen LogP contribution in [0.25, 0.3) is 10.9 Å². The van der Waals surface area contributed by atoms with Gasteiger partial charge in [-0.05, 0) is 44.6 Å². The minimum Gasteiger partial charge on any atom is -0.497 e. The summed E-state index contributed by atoms with van der Waals surface area (Å²) >= 11 is 0. The van der Waals surface area contributed by atoms with Gasteiger partial charge in [-0.15, -0.1) is 0 Å². The van der Waals surface area contributed by atoms with Crippen LogP contribution in [0.1, 0.15) is 39.5 Å². The molecule has 4 heteroatoms. The van der Waals surface area contributed by atoms with Gasteiger partial charge in [0, 0.05) is 24.2 Å². The van der Waals surface area contributed by atoms with Gasteiger partial charge >= 0.3 is 0 Å². The molecular formula is C20H31N3O. The van der Waals surface area contributed by atoms with Crippen LogP contribution in [0, 0.1) is 0 Å². The predicted molar refractivity (Wildman–Crippen MR) is 103 cm³/mol. The zero-order chi connectivity index (χ0) is 17.2. The second-order valence-corrected chi connectivity index (χ2v) is 6.12. The van der Waals surface area contributed by atoms with Crippen molar-refractivity contribution >= 4 is 16.6 Å². The van der Waals surface area contributed by atoms with E-state index in [1.54, 1.807) is 7.11 Å². The maximum Gasteiger partial charge on any atom is 0.121 e. The van der Waals surface area contributed by atoms with E-state index in [9.17, 15) is 0 Å². The molecule has 4 nitrogen and oxygen atoms in total. The number of pyridine rings is 1. The van der Waals surface area contributed by atoms with Crippen molar-refractivity contribution in [1.29, 1.82) is 0 Å². The molecule has 1 aromatic carbocycles. The van der Waals surface area contributed by atoms with Gasteiger partial charge in [0.2, 0.25) is 0 Å². The summed E-state index contributed by atoms with van der Waals surface area (Å²) in [5, 5.41) is 4.64. The fraction of sp³-hybridized carbons (Fsp3) is 0.550. The van der Waals surface area contributed by atoms with Crippen LogP contribution in [-0.2, 0) is 0 Å². The van der Waals surface area contributed by atoms with Gasteiger partial charge in [-0.1, -0.05) is 32.8 Å². The fourth-order valence-electron chi connectivity index (χ4n) is 2.99. The lowest BCUT2D eigenvalue weighted by atomic mass is 10.1. The molecule has 132 valence electrons. The van der Waals surface area contributed by atoms with E-state index in [0.29, 0.717) is 0 Å². The smallest absolute Gasteiger partial charge is 0.121 e. The molecule has 24 heavy (non-hydrogen) atoms. The van der Waals surface area contributed by atoms with Crippen LogP contribution in [-0.4, -0.2) is 43.2 Å². The number of fused-ring (bicyclic) bond motifs is 1. The van der Waals surface area contributed by atoms with Gasteiger partial charge < -0.3 is 15.0 Å². The molecule has 0 saturated carbocycles. The highest BCUT2D eigenvalue weighted by Crippen LogP contribution is 2.27. The highest BCUT2D eigenvalue weighted by atomic mass is 16.5. The van der Waals surface area contributed by atoms with E-state index < -0.39 is 0 Å². The van der Waals surface area contributed by atoms with E-state index in [1.165, 1.54) is 32.2 Å². The van der Waals surface area contributed by atoms with Crippen molar-refractivity contribution in [1.82, 2.24) is 9.88 Å². The third-order valence-corrected chi connectivity index (χ3v) is 4.53. The van der Waals surface area contributed by atoms with Crippen molar-refractivity contribution in [2.24, 2.45) is 0 Å². The number of unbranched alkanes of at least 4 members (excludes halogenated alkanes) is 3. The first-order valence-electron chi connectivity index (χ1n) is 9.17. The largest absolute Gasteiger partial charge is 0.497 e. The number of anilines is 1. The molecule has 1 heterocycles. The van der Waals surface area contributed by atoms with Crippen molar-refractivity contribution in [3.05, 3.63) is 30.5 Å². The summed E-state index contributed by atoms with van der Waals surface area (Å²) in [6.07, 6.45) is 6.89. The molecule has 0 aliphatic rings. The molecule has 0 radical (unpaired) electrons. The van der Waals surface area contributed by atoms with Gasteiger partial charge in [-0.3, -0.25) is 4.98 Å². The topological polar surface area (TPSA) is 37.4 Å². The Hall–Kier alpha value is -1.81. The van der Waals surface area contributed by atoms with E-state index in [-0.39, 0.29) is 0 Å². The first kappa shape index (κ1) is 18.5. The average Bonchev–Trinajstić information content (AvgIpc) is 2.63. The lowest BCUT2D eigenvalue weighted by Gasteiger charge is -2.17. The molecule has 0 atom stereocenters. The molecule has 2 rings (SSSR count). The van der Waals surface area contributed by atoms with Crippen molar-refractivity contribution in [2.45, 2.75) is 39.5 Å². The second kappa shape index (κ2) is 10.1. The normalized spacial score (nSPS) is 11.2. The molecule has 1 N–H and O–H groups in total. The molecule has 0 saturated heterocycles. The number of methoxy groups -OCH3 is 1. The Labute approximate surface area is 146 Å². The number of nitrogens with one attached hydrogen (secondary N) is 1. The Morgan fingerprint density at radius 2 is 1.88 bits per heavy atom. The van der Waals surface area contributed by atoms with Gasteiger partial charge in [0.05, 0.1) is 18.3 Å². The number of hydrogen-bond donors (Lipinski definition) is 1. The van der Waals surface area contributed by atoms with Gasteiger partial charge in [0.15, 0.2) is 0 Å². The van der Waals surface area contributed by atoms with Crippen LogP contribution in [0.15, 0.2) is 30.5 Å². The molecule has 2 aromatic rings. The average molecular weight is 329 g/mol. The molecule has 0 spiro atoms. The molecule has 1 aromatic heterocycles. The zero-order valence-corrected chi connectivity index (χ0v) is 15.3. The summed E-state index contributed by atoms with van der Waals surface area (Å²) < 4.78 is 5.39. The lowest BCUT2D eigenvalue weighted by Crippen LogP contribution is -2.23. The zero-order valence-electron chi connectivity index (χ0n) is 15.3. The van der Waals surface area contributed by atoms with Crippen LogP contribution in [0.5, 0.6) is 5.75 Å². The van der Waals surface area contributed by atoms with Crippen LogP contribution in [0.3, 0.4) is 0 Å². The minimum absolute atomic E-state index is 0.872. The number of rotatable bonds is 11. The maximum absolute atomic E-state index is 5.39. The van der Waals surface area contributed by atoms with Gasteiger partial charge in [-0.25, -0.2) is 0 Å². The molecular weight excluding hydrogens is 298 g/mol. The Balaban J connectivity index is 1.77. The summed E-state index contributed by atoms with van der Waals surface area (Å²) in [4.78, 5) is 6.99. The Bertz CT molecular complexity index is 611. The summed E-state index contributed by atoms with van der Waals surface area (Å²) in [5.41, 5.74) is 2.08. The van der Waals surface area contributed by atoms with Gasteiger partial charge in [0.25, 0.3) is 0 Å². The van der Waals surface area contributed by atoms with Gasteiger partial charge in [0.1, 0.15) is 5.75 Å². The first-order valence-corrected chi connectivity index (χ1v) is 9.17. The van der Waals surface area contributed by atoms with E-state index in [1.807, 2.05) is 24.4 Å². The molecule has 0 fully saturated rings. The number of benzene rings is 1. The first-order chi connectivity index (χ1) is 11.8. The molecule has 0 amide bonds. The third-order valence-electron chi connectivity index (χ3n) is 4.53. The molecule has 0 bridgehead atoms. The Morgan fingerprint density at radius 3 is 2.62 bits per heavy atom. The monoisotopic (exact) mass is 329 g/mol. The number of ether oxygens (including phenoxy) is 1. The highest BCUT2D eigenvalue weighted by Gasteiger charge is 2.05. The quantitative estimate of drug-likeness (QED) is 0.613. The predicted octanol–water partition coefficient (Wildman–Crippen LogP) is 4.56.